The zero-order chi connectivity index (χ0) is 23.3. The highest BCUT2D eigenvalue weighted by molar-refractivity contribution is 5.98. The second-order valence-corrected chi connectivity index (χ2v) is 8.51. The van der Waals surface area contributed by atoms with E-state index in [0.29, 0.717) is 37.3 Å². The van der Waals surface area contributed by atoms with Gasteiger partial charge in [0, 0.05) is 75.9 Å². The Bertz CT molecular complexity index is 1020. The minimum Gasteiger partial charge on any atom is -0.353 e. The molecule has 0 aliphatic carbocycles. The van der Waals surface area contributed by atoms with Crippen molar-refractivity contribution in [2.45, 2.75) is 0 Å². The van der Waals surface area contributed by atoms with Gasteiger partial charge in [-0.3, -0.25) is 9.59 Å². The van der Waals surface area contributed by atoms with Gasteiger partial charge in [-0.15, -0.1) is 0 Å². The molecule has 0 radical (unpaired) electrons. The number of nitrogens with zero attached hydrogens (tertiary/aromatic N) is 6. The van der Waals surface area contributed by atoms with Gasteiger partial charge in [-0.25, -0.2) is 9.97 Å². The van der Waals surface area contributed by atoms with Gasteiger partial charge in [-0.2, -0.15) is 0 Å². The lowest BCUT2D eigenvalue weighted by atomic mass is 10.1. The van der Waals surface area contributed by atoms with Crippen molar-refractivity contribution in [1.82, 2.24) is 19.8 Å². The molecule has 0 bridgehead atoms. The third-order valence-corrected chi connectivity index (χ3v) is 6.46. The standard InChI is InChI=1S/C26H28N6O2/c33-25(31-17-13-29(14-18-31)23-5-1-3-11-27-23)21-7-9-22(10-8-21)26(34)32-19-15-30(16-20-32)24-6-2-4-12-28-24/h1-12H,13-20H2. The molecule has 2 amide bonds. The average molecular weight is 457 g/mol. The van der Waals surface area contributed by atoms with Gasteiger partial charge in [0.05, 0.1) is 0 Å². The Morgan fingerprint density at radius 2 is 0.912 bits per heavy atom. The van der Waals surface area contributed by atoms with Crippen molar-refractivity contribution in [2.75, 3.05) is 62.2 Å². The zero-order valence-electron chi connectivity index (χ0n) is 19.1. The number of rotatable bonds is 4. The number of amides is 2. The maximum atomic E-state index is 13.0. The second-order valence-electron chi connectivity index (χ2n) is 8.51. The van der Waals surface area contributed by atoms with Gasteiger partial charge < -0.3 is 19.6 Å². The summed E-state index contributed by atoms with van der Waals surface area (Å²) in [5.74, 6) is 1.89. The third kappa shape index (κ3) is 4.71. The molecule has 0 atom stereocenters. The topological polar surface area (TPSA) is 72.9 Å². The van der Waals surface area contributed by atoms with Crippen molar-refractivity contribution < 1.29 is 9.59 Å². The number of aromatic nitrogens is 2. The summed E-state index contributed by atoms with van der Waals surface area (Å²) >= 11 is 0. The number of piperazine rings is 2. The molecule has 0 N–H and O–H groups in total. The molecule has 4 heterocycles. The van der Waals surface area contributed by atoms with Gasteiger partial charge in [-0.05, 0) is 48.5 Å². The highest BCUT2D eigenvalue weighted by Gasteiger charge is 2.25. The lowest BCUT2D eigenvalue weighted by Gasteiger charge is -2.35. The molecule has 174 valence electrons. The number of benzene rings is 1. The molecular weight excluding hydrogens is 428 g/mol. The Kier molecular flexibility index (Phi) is 6.38. The van der Waals surface area contributed by atoms with E-state index in [1.807, 2.05) is 46.2 Å². The van der Waals surface area contributed by atoms with Crippen LogP contribution in [-0.4, -0.2) is 83.9 Å². The van der Waals surface area contributed by atoms with Crippen LogP contribution in [0.1, 0.15) is 20.7 Å². The number of hydrogen-bond donors (Lipinski definition) is 0. The van der Waals surface area contributed by atoms with E-state index in [1.54, 1.807) is 36.7 Å². The molecule has 0 unspecified atom stereocenters. The first-order chi connectivity index (χ1) is 16.7. The Labute approximate surface area is 199 Å². The molecule has 0 saturated carbocycles. The molecule has 2 fully saturated rings. The van der Waals surface area contributed by atoms with Gasteiger partial charge in [0.2, 0.25) is 0 Å². The lowest BCUT2D eigenvalue weighted by molar-refractivity contribution is 0.0734. The monoisotopic (exact) mass is 456 g/mol. The van der Waals surface area contributed by atoms with E-state index < -0.39 is 0 Å². The molecule has 2 aliphatic rings. The highest BCUT2D eigenvalue weighted by Crippen LogP contribution is 2.17. The maximum Gasteiger partial charge on any atom is 0.253 e. The minimum atomic E-state index is 0.00338. The van der Waals surface area contributed by atoms with Crippen LogP contribution in [0.5, 0.6) is 0 Å². The molecule has 0 spiro atoms. The van der Waals surface area contributed by atoms with Crippen LogP contribution < -0.4 is 9.80 Å². The summed E-state index contributed by atoms with van der Waals surface area (Å²) in [6.45, 7) is 5.61. The molecule has 5 rings (SSSR count). The van der Waals surface area contributed by atoms with Crippen LogP contribution in [0.2, 0.25) is 0 Å². The Morgan fingerprint density at radius 1 is 0.529 bits per heavy atom. The molecule has 3 aromatic rings. The second kappa shape index (κ2) is 9.91. The number of anilines is 2. The Morgan fingerprint density at radius 3 is 1.24 bits per heavy atom. The normalized spacial score (nSPS) is 16.5. The third-order valence-electron chi connectivity index (χ3n) is 6.46. The van der Waals surface area contributed by atoms with E-state index in [1.165, 1.54) is 0 Å². The van der Waals surface area contributed by atoms with Crippen molar-refractivity contribution >= 4 is 23.5 Å². The molecule has 8 heteroatoms. The molecule has 34 heavy (non-hydrogen) atoms. The van der Waals surface area contributed by atoms with Gasteiger partial charge >= 0.3 is 0 Å². The van der Waals surface area contributed by atoms with E-state index in [0.717, 1.165) is 37.8 Å². The van der Waals surface area contributed by atoms with E-state index in [-0.39, 0.29) is 11.8 Å². The summed E-state index contributed by atoms with van der Waals surface area (Å²) in [6, 6.07) is 18.8. The van der Waals surface area contributed by atoms with E-state index in [4.69, 9.17) is 0 Å². The summed E-state index contributed by atoms with van der Waals surface area (Å²) in [6.07, 6.45) is 3.58. The van der Waals surface area contributed by atoms with Crippen molar-refractivity contribution in [3.63, 3.8) is 0 Å². The van der Waals surface area contributed by atoms with E-state index >= 15 is 0 Å². The van der Waals surface area contributed by atoms with E-state index in [9.17, 15) is 9.59 Å². The number of carbonyl (C=O) groups is 2. The summed E-state index contributed by atoms with van der Waals surface area (Å²) < 4.78 is 0. The van der Waals surface area contributed by atoms with E-state index in [2.05, 4.69) is 19.8 Å². The van der Waals surface area contributed by atoms with Gasteiger partial charge in [0.1, 0.15) is 11.6 Å². The molecule has 2 saturated heterocycles. The smallest absolute Gasteiger partial charge is 0.253 e. The van der Waals surface area contributed by atoms with Crippen molar-refractivity contribution in [2.24, 2.45) is 0 Å². The first kappa shape index (κ1) is 21.9. The highest BCUT2D eigenvalue weighted by atomic mass is 16.2. The molecule has 2 aromatic heterocycles. The van der Waals surface area contributed by atoms with Crippen molar-refractivity contribution in [3.05, 3.63) is 84.2 Å². The molecule has 8 nitrogen and oxygen atoms in total. The molecule has 2 aliphatic heterocycles. The van der Waals surface area contributed by atoms with Crippen LogP contribution in [0.4, 0.5) is 11.6 Å². The van der Waals surface area contributed by atoms with Gasteiger partial charge in [-0.1, -0.05) is 12.1 Å². The summed E-state index contributed by atoms with van der Waals surface area (Å²) in [5, 5.41) is 0. The fraction of sp³-hybridized carbons (Fsp3) is 0.308. The summed E-state index contributed by atoms with van der Waals surface area (Å²) in [5.41, 5.74) is 1.23. The van der Waals surface area contributed by atoms with Crippen LogP contribution >= 0.6 is 0 Å². The van der Waals surface area contributed by atoms with Crippen molar-refractivity contribution in [1.29, 1.82) is 0 Å². The van der Waals surface area contributed by atoms with Crippen LogP contribution in [0.3, 0.4) is 0 Å². The van der Waals surface area contributed by atoms with Crippen LogP contribution in [0.15, 0.2) is 73.1 Å². The maximum absolute atomic E-state index is 13.0. The largest absolute Gasteiger partial charge is 0.353 e. The van der Waals surface area contributed by atoms with Gasteiger partial charge in [0.15, 0.2) is 0 Å². The Balaban J connectivity index is 1.15. The van der Waals surface area contributed by atoms with Crippen LogP contribution in [-0.2, 0) is 0 Å². The van der Waals surface area contributed by atoms with Crippen LogP contribution in [0.25, 0.3) is 0 Å². The molecule has 1 aromatic carbocycles. The van der Waals surface area contributed by atoms with Crippen molar-refractivity contribution in [3.8, 4) is 0 Å². The van der Waals surface area contributed by atoms with Crippen LogP contribution in [0, 0.1) is 0 Å². The average Bonchev–Trinajstić information content (AvgIpc) is 2.93. The quantitative estimate of drug-likeness (QED) is 0.600. The SMILES string of the molecule is O=C(c1ccc(C(=O)N2CCN(c3ccccn3)CC2)cc1)N1CCN(c2ccccn2)CC1. The van der Waals surface area contributed by atoms with Gasteiger partial charge in [0.25, 0.3) is 11.8 Å². The minimum absolute atomic E-state index is 0.00338. The fourth-order valence-electron chi connectivity index (χ4n) is 4.48. The number of carbonyl (C=O) groups excluding carboxylic acids is 2. The fourth-order valence-corrected chi connectivity index (χ4v) is 4.48. The summed E-state index contributed by atoms with van der Waals surface area (Å²) in [7, 11) is 0. The zero-order valence-corrected chi connectivity index (χ0v) is 19.1. The summed E-state index contributed by atoms with van der Waals surface area (Å²) in [4.78, 5) is 42.9. The predicted molar refractivity (Wildman–Crippen MR) is 131 cm³/mol. The first-order valence-corrected chi connectivity index (χ1v) is 11.7. The predicted octanol–water partition coefficient (Wildman–Crippen LogP) is 2.40. The Hall–Kier alpha value is -3.94. The lowest BCUT2D eigenvalue weighted by Crippen LogP contribution is -2.49. The molecular formula is C26H28N6O2. The number of hydrogen-bond acceptors (Lipinski definition) is 6. The first-order valence-electron chi connectivity index (χ1n) is 11.7. The number of pyridine rings is 2.